The Morgan fingerprint density at radius 3 is 2.16 bits per heavy atom. The Balaban J connectivity index is 2.22. The van der Waals surface area contributed by atoms with Gasteiger partial charge in [-0.05, 0) is 30.3 Å². The van der Waals surface area contributed by atoms with E-state index in [9.17, 15) is 13.6 Å². The molecule has 2 rings (SSSR count). The van der Waals surface area contributed by atoms with E-state index in [-0.39, 0.29) is 5.69 Å². The van der Waals surface area contributed by atoms with E-state index in [2.05, 4.69) is 37.2 Å². The fourth-order valence-corrected chi connectivity index (χ4v) is 2.76. The molecule has 0 saturated heterocycles. The van der Waals surface area contributed by atoms with Crippen molar-refractivity contribution in [2.24, 2.45) is 0 Å². The lowest BCUT2D eigenvalue weighted by molar-refractivity contribution is 0.102. The number of hydrogen-bond donors (Lipinski definition) is 1. The molecule has 0 radical (unpaired) electrons. The van der Waals surface area contributed by atoms with Gasteiger partial charge in [-0.2, -0.15) is 0 Å². The summed E-state index contributed by atoms with van der Waals surface area (Å²) in [6.07, 6.45) is 0. The van der Waals surface area contributed by atoms with Gasteiger partial charge in [0.15, 0.2) is 11.6 Å². The molecule has 0 bridgehead atoms. The Hall–Kier alpha value is -1.27. The van der Waals surface area contributed by atoms with Crippen molar-refractivity contribution in [3.05, 3.63) is 62.5 Å². The van der Waals surface area contributed by atoms with Crippen molar-refractivity contribution in [3.8, 4) is 0 Å². The molecule has 2 aromatic carbocycles. The quantitative estimate of drug-likeness (QED) is 0.788. The Bertz CT molecular complexity index is 626. The zero-order valence-electron chi connectivity index (χ0n) is 9.38. The summed E-state index contributed by atoms with van der Waals surface area (Å²) < 4.78 is 27.3. The normalized spacial score (nSPS) is 10.3. The molecule has 6 heteroatoms. The first-order valence-corrected chi connectivity index (χ1v) is 6.77. The summed E-state index contributed by atoms with van der Waals surface area (Å²) in [4.78, 5) is 11.9. The monoisotopic (exact) mass is 389 g/mol. The molecule has 98 valence electrons. The Morgan fingerprint density at radius 1 is 0.947 bits per heavy atom. The van der Waals surface area contributed by atoms with Crippen LogP contribution in [-0.4, -0.2) is 5.91 Å². The summed E-state index contributed by atoms with van der Waals surface area (Å²) in [6.45, 7) is 0. The van der Waals surface area contributed by atoms with E-state index in [1.54, 1.807) is 18.2 Å². The second-order valence-corrected chi connectivity index (χ2v) is 5.57. The third kappa shape index (κ3) is 3.61. The summed E-state index contributed by atoms with van der Waals surface area (Å²) in [7, 11) is 0. The van der Waals surface area contributed by atoms with Gasteiger partial charge in [-0.15, -0.1) is 0 Å². The van der Waals surface area contributed by atoms with E-state index in [1.165, 1.54) is 6.07 Å². The molecule has 0 fully saturated rings. The number of amides is 1. The van der Waals surface area contributed by atoms with Gasteiger partial charge in [0.1, 0.15) is 0 Å². The van der Waals surface area contributed by atoms with Crippen LogP contribution in [0, 0.1) is 11.6 Å². The van der Waals surface area contributed by atoms with Gasteiger partial charge >= 0.3 is 0 Å². The third-order valence-electron chi connectivity index (χ3n) is 2.30. The van der Waals surface area contributed by atoms with Gasteiger partial charge in [-0.1, -0.05) is 31.9 Å². The van der Waals surface area contributed by atoms with Crippen molar-refractivity contribution in [1.82, 2.24) is 0 Å². The van der Waals surface area contributed by atoms with Crippen molar-refractivity contribution in [2.75, 3.05) is 5.32 Å². The number of carbonyl (C=O) groups excluding carboxylic acids is 1. The van der Waals surface area contributed by atoms with Gasteiger partial charge in [-0.25, -0.2) is 8.78 Å². The van der Waals surface area contributed by atoms with Crippen LogP contribution in [-0.2, 0) is 0 Å². The topological polar surface area (TPSA) is 29.1 Å². The molecule has 19 heavy (non-hydrogen) atoms. The van der Waals surface area contributed by atoms with Crippen LogP contribution in [0.25, 0.3) is 0 Å². The van der Waals surface area contributed by atoms with Crippen LogP contribution in [0.1, 0.15) is 10.4 Å². The highest BCUT2D eigenvalue weighted by Gasteiger charge is 2.09. The van der Waals surface area contributed by atoms with Crippen molar-refractivity contribution in [2.45, 2.75) is 0 Å². The predicted molar refractivity (Wildman–Crippen MR) is 76.2 cm³/mol. The predicted octanol–water partition coefficient (Wildman–Crippen LogP) is 4.74. The molecule has 0 unspecified atom stereocenters. The molecule has 0 aromatic heterocycles. The minimum Gasteiger partial charge on any atom is -0.322 e. The molecule has 0 saturated carbocycles. The molecule has 0 atom stereocenters. The highest BCUT2D eigenvalue weighted by atomic mass is 79.9. The van der Waals surface area contributed by atoms with E-state index in [0.29, 0.717) is 5.56 Å². The lowest BCUT2D eigenvalue weighted by Gasteiger charge is -2.06. The standard InChI is InChI=1S/C13H7Br2F2NO/c14-8-3-7(4-9(15)5-8)13(19)18-10-1-2-11(16)12(17)6-10/h1-6H,(H,18,19). The van der Waals surface area contributed by atoms with Gasteiger partial charge in [0.05, 0.1) is 0 Å². The minimum atomic E-state index is -1.01. The average molecular weight is 391 g/mol. The zero-order valence-corrected chi connectivity index (χ0v) is 12.6. The maximum Gasteiger partial charge on any atom is 0.255 e. The highest BCUT2D eigenvalue weighted by Crippen LogP contribution is 2.21. The molecule has 0 heterocycles. The van der Waals surface area contributed by atoms with Crippen LogP contribution in [0.2, 0.25) is 0 Å². The van der Waals surface area contributed by atoms with E-state index in [4.69, 9.17) is 0 Å². The number of rotatable bonds is 2. The summed E-state index contributed by atoms with van der Waals surface area (Å²) in [5.41, 5.74) is 0.589. The number of nitrogens with one attached hydrogen (secondary N) is 1. The van der Waals surface area contributed by atoms with Crippen molar-refractivity contribution < 1.29 is 13.6 Å². The van der Waals surface area contributed by atoms with Gasteiger partial charge in [-0.3, -0.25) is 4.79 Å². The molecule has 1 N–H and O–H groups in total. The van der Waals surface area contributed by atoms with Crippen molar-refractivity contribution >= 4 is 43.5 Å². The molecule has 0 aliphatic rings. The van der Waals surface area contributed by atoms with Gasteiger partial charge < -0.3 is 5.32 Å². The van der Waals surface area contributed by atoms with Crippen LogP contribution in [0.3, 0.4) is 0 Å². The summed E-state index contributed by atoms with van der Waals surface area (Å²) in [6, 6.07) is 8.22. The number of hydrogen-bond acceptors (Lipinski definition) is 1. The molecule has 1 amide bonds. The second kappa shape index (κ2) is 5.79. The zero-order chi connectivity index (χ0) is 14.0. The Morgan fingerprint density at radius 2 is 1.58 bits per heavy atom. The fourth-order valence-electron chi connectivity index (χ4n) is 1.46. The summed E-state index contributed by atoms with van der Waals surface area (Å²) in [5.74, 6) is -2.37. The van der Waals surface area contributed by atoms with Crippen LogP contribution in [0.15, 0.2) is 45.3 Å². The largest absolute Gasteiger partial charge is 0.322 e. The number of halogens is 4. The van der Waals surface area contributed by atoms with Crippen molar-refractivity contribution in [3.63, 3.8) is 0 Å². The lowest BCUT2D eigenvalue weighted by atomic mass is 10.2. The molecule has 0 aliphatic carbocycles. The van der Waals surface area contributed by atoms with E-state index >= 15 is 0 Å². The van der Waals surface area contributed by atoms with Crippen molar-refractivity contribution in [1.29, 1.82) is 0 Å². The van der Waals surface area contributed by atoms with Gasteiger partial charge in [0.25, 0.3) is 5.91 Å². The SMILES string of the molecule is O=C(Nc1ccc(F)c(F)c1)c1cc(Br)cc(Br)c1. The first-order chi connectivity index (χ1) is 8.95. The Kier molecular flexibility index (Phi) is 4.31. The second-order valence-electron chi connectivity index (χ2n) is 3.74. The molecule has 2 nitrogen and oxygen atoms in total. The highest BCUT2D eigenvalue weighted by molar-refractivity contribution is 9.11. The van der Waals surface area contributed by atoms with E-state index < -0.39 is 17.5 Å². The van der Waals surface area contributed by atoms with Crippen LogP contribution in [0.5, 0.6) is 0 Å². The lowest BCUT2D eigenvalue weighted by Crippen LogP contribution is -2.12. The Labute approximate surface area is 125 Å². The fraction of sp³-hybridized carbons (Fsp3) is 0. The molecule has 0 aliphatic heterocycles. The van der Waals surface area contributed by atoms with Gasteiger partial charge in [0, 0.05) is 26.3 Å². The smallest absolute Gasteiger partial charge is 0.255 e. The molecular weight excluding hydrogens is 384 g/mol. The van der Waals surface area contributed by atoms with E-state index in [1.807, 2.05) is 0 Å². The third-order valence-corrected chi connectivity index (χ3v) is 3.22. The van der Waals surface area contributed by atoms with Crippen LogP contribution in [0.4, 0.5) is 14.5 Å². The number of anilines is 1. The van der Waals surface area contributed by atoms with Crippen LogP contribution >= 0.6 is 31.9 Å². The number of benzene rings is 2. The van der Waals surface area contributed by atoms with Crippen LogP contribution < -0.4 is 5.32 Å². The summed E-state index contributed by atoms with van der Waals surface area (Å²) in [5, 5.41) is 2.49. The minimum absolute atomic E-state index is 0.194. The maximum absolute atomic E-state index is 13.0. The summed E-state index contributed by atoms with van der Waals surface area (Å²) >= 11 is 6.54. The molecular formula is C13H7Br2F2NO. The molecule has 0 spiro atoms. The van der Waals surface area contributed by atoms with Gasteiger partial charge in [0.2, 0.25) is 0 Å². The maximum atomic E-state index is 13.0. The number of carbonyl (C=O) groups is 1. The first kappa shape index (κ1) is 14.1. The first-order valence-electron chi connectivity index (χ1n) is 5.18. The van der Waals surface area contributed by atoms with E-state index in [0.717, 1.165) is 21.1 Å². The average Bonchev–Trinajstić information content (AvgIpc) is 2.32. The molecule has 2 aromatic rings.